The average molecular weight is 429 g/mol. The third kappa shape index (κ3) is 5.77. The van der Waals surface area contributed by atoms with E-state index in [9.17, 15) is 4.79 Å². The summed E-state index contributed by atoms with van der Waals surface area (Å²) in [5, 5.41) is 0.279. The zero-order valence-electron chi connectivity index (χ0n) is 13.5. The van der Waals surface area contributed by atoms with Gasteiger partial charge in [-0.1, -0.05) is 76.2 Å². The number of carbonyl (C=O) groups is 1. The number of benzene rings is 3. The van der Waals surface area contributed by atoms with Crippen molar-refractivity contribution in [3.63, 3.8) is 0 Å². The van der Waals surface area contributed by atoms with Crippen LogP contribution in [0.25, 0.3) is 0 Å². The number of rotatable bonds is 6. The van der Waals surface area contributed by atoms with E-state index in [2.05, 4.69) is 40.2 Å². The van der Waals surface area contributed by atoms with Crippen molar-refractivity contribution in [3.8, 4) is 0 Å². The van der Waals surface area contributed by atoms with E-state index in [-0.39, 0.29) is 10.4 Å². The van der Waals surface area contributed by atoms with Crippen molar-refractivity contribution < 1.29 is 4.79 Å². The second kappa shape index (κ2) is 9.27. The summed E-state index contributed by atoms with van der Waals surface area (Å²) in [4.78, 5) is 14.8. The van der Waals surface area contributed by atoms with Gasteiger partial charge in [0, 0.05) is 25.9 Å². The van der Waals surface area contributed by atoms with Crippen LogP contribution in [0.15, 0.2) is 99.2 Å². The molecule has 0 aliphatic rings. The van der Waals surface area contributed by atoms with E-state index in [0.717, 1.165) is 9.37 Å². The molecule has 1 unspecified atom stereocenters. The smallest absolute Gasteiger partial charge is 0.195 e. The maximum Gasteiger partial charge on any atom is 0.195 e. The Hall–Kier alpha value is -1.49. The number of carbonyl (C=O) groups excluding carboxylic acids is 1. The van der Waals surface area contributed by atoms with Gasteiger partial charge in [0.2, 0.25) is 0 Å². The molecule has 0 aromatic heterocycles. The van der Waals surface area contributed by atoms with Gasteiger partial charge in [0.1, 0.15) is 0 Å². The Morgan fingerprint density at radius 2 is 1.36 bits per heavy atom. The number of hydrogen-bond acceptors (Lipinski definition) is 3. The van der Waals surface area contributed by atoms with E-state index in [1.807, 2.05) is 60.7 Å². The minimum atomic E-state index is 0.0965. The van der Waals surface area contributed by atoms with E-state index in [1.54, 1.807) is 11.8 Å². The molecule has 3 aromatic carbocycles. The van der Waals surface area contributed by atoms with Gasteiger partial charge in [-0.15, -0.1) is 11.8 Å². The van der Waals surface area contributed by atoms with Gasteiger partial charge in [0.25, 0.3) is 0 Å². The van der Waals surface area contributed by atoms with E-state index >= 15 is 0 Å². The normalized spacial score (nSPS) is 11.9. The molecule has 0 radical (unpaired) electrons. The van der Waals surface area contributed by atoms with Gasteiger partial charge in [0.15, 0.2) is 5.12 Å². The first-order valence-corrected chi connectivity index (χ1v) is 10.4. The van der Waals surface area contributed by atoms with Gasteiger partial charge >= 0.3 is 0 Å². The van der Waals surface area contributed by atoms with Crippen LogP contribution in [0.5, 0.6) is 0 Å². The minimum absolute atomic E-state index is 0.0965. The molecule has 0 aliphatic heterocycles. The predicted molar refractivity (Wildman–Crippen MR) is 111 cm³/mol. The number of hydrogen-bond donors (Lipinski definition) is 0. The highest BCUT2D eigenvalue weighted by Gasteiger charge is 2.18. The zero-order valence-corrected chi connectivity index (χ0v) is 16.7. The first-order chi connectivity index (χ1) is 12.2. The number of thioether (sulfide) groups is 2. The van der Waals surface area contributed by atoms with Crippen molar-refractivity contribution in [2.45, 2.75) is 21.5 Å². The van der Waals surface area contributed by atoms with Gasteiger partial charge in [0.05, 0.1) is 0 Å². The van der Waals surface area contributed by atoms with Crippen molar-refractivity contribution in [3.05, 3.63) is 95.0 Å². The fourth-order valence-corrected chi connectivity index (χ4v) is 4.73. The Balaban J connectivity index is 1.75. The maximum absolute atomic E-state index is 12.6. The summed E-state index contributed by atoms with van der Waals surface area (Å²) in [6.07, 6.45) is 0.487. The summed E-state index contributed by atoms with van der Waals surface area (Å²) >= 11 is 6.53. The minimum Gasteiger partial charge on any atom is -0.287 e. The molecule has 1 nitrogen and oxygen atoms in total. The molecule has 0 spiro atoms. The van der Waals surface area contributed by atoms with Crippen molar-refractivity contribution in [1.29, 1.82) is 0 Å². The molecular formula is C21H17BrOS2. The van der Waals surface area contributed by atoms with Gasteiger partial charge in [-0.25, -0.2) is 0 Å². The summed E-state index contributed by atoms with van der Waals surface area (Å²) in [7, 11) is 0. The molecule has 0 fully saturated rings. The fourth-order valence-electron chi connectivity index (χ4n) is 2.38. The standard InChI is InChI=1S/C21H17BrOS2/c22-17-13-11-16(12-14-17)20(24-18-7-3-1-4-8-18)15-21(23)25-19-9-5-2-6-10-19/h1-14,20H,15H2. The monoisotopic (exact) mass is 428 g/mol. The Morgan fingerprint density at radius 3 is 1.96 bits per heavy atom. The summed E-state index contributed by atoms with van der Waals surface area (Å²) < 4.78 is 1.05. The van der Waals surface area contributed by atoms with E-state index in [0.29, 0.717) is 6.42 Å². The van der Waals surface area contributed by atoms with Crippen molar-refractivity contribution >= 4 is 44.6 Å². The molecule has 126 valence electrons. The average Bonchev–Trinajstić information content (AvgIpc) is 2.63. The Morgan fingerprint density at radius 1 is 0.800 bits per heavy atom. The van der Waals surface area contributed by atoms with Crippen LogP contribution in [0, 0.1) is 0 Å². The topological polar surface area (TPSA) is 17.1 Å². The van der Waals surface area contributed by atoms with E-state index in [4.69, 9.17) is 0 Å². The molecule has 0 aliphatic carbocycles. The molecule has 0 N–H and O–H groups in total. The lowest BCUT2D eigenvalue weighted by atomic mass is 10.1. The summed E-state index contributed by atoms with van der Waals surface area (Å²) in [6, 6.07) is 28.3. The quantitative estimate of drug-likeness (QED) is 0.393. The van der Waals surface area contributed by atoms with Crippen molar-refractivity contribution in [2.24, 2.45) is 0 Å². The van der Waals surface area contributed by atoms with Crippen LogP contribution in [0.1, 0.15) is 17.2 Å². The Kier molecular flexibility index (Phi) is 6.79. The second-order valence-electron chi connectivity index (χ2n) is 5.46. The van der Waals surface area contributed by atoms with Crippen molar-refractivity contribution in [1.82, 2.24) is 0 Å². The highest BCUT2D eigenvalue weighted by molar-refractivity contribution is 9.10. The van der Waals surface area contributed by atoms with Crippen LogP contribution in [-0.2, 0) is 4.79 Å². The predicted octanol–water partition coefficient (Wildman–Crippen LogP) is 6.99. The maximum atomic E-state index is 12.6. The number of halogens is 1. The van der Waals surface area contributed by atoms with Crippen molar-refractivity contribution in [2.75, 3.05) is 0 Å². The van der Waals surface area contributed by atoms with Crippen LogP contribution >= 0.6 is 39.5 Å². The lowest BCUT2D eigenvalue weighted by molar-refractivity contribution is -0.111. The lowest BCUT2D eigenvalue weighted by Gasteiger charge is -2.16. The third-order valence-corrected chi connectivity index (χ3v) is 6.29. The molecule has 0 heterocycles. The summed E-state index contributed by atoms with van der Waals surface area (Å²) in [5.41, 5.74) is 1.17. The van der Waals surface area contributed by atoms with Crippen LogP contribution < -0.4 is 0 Å². The molecular weight excluding hydrogens is 412 g/mol. The van der Waals surface area contributed by atoms with E-state index < -0.39 is 0 Å². The van der Waals surface area contributed by atoms with E-state index in [1.165, 1.54) is 22.2 Å². The van der Waals surface area contributed by atoms with Gasteiger partial charge < -0.3 is 0 Å². The summed E-state index contributed by atoms with van der Waals surface area (Å²) in [5.74, 6) is 0. The highest BCUT2D eigenvalue weighted by atomic mass is 79.9. The van der Waals surface area contributed by atoms with Crippen LogP contribution in [0.3, 0.4) is 0 Å². The molecule has 0 amide bonds. The molecule has 1 atom stereocenters. The first kappa shape index (κ1) is 18.3. The summed E-state index contributed by atoms with van der Waals surface area (Å²) in [6.45, 7) is 0. The molecule has 0 saturated carbocycles. The highest BCUT2D eigenvalue weighted by Crippen LogP contribution is 2.39. The third-order valence-electron chi connectivity index (χ3n) is 3.59. The molecule has 0 saturated heterocycles. The first-order valence-electron chi connectivity index (χ1n) is 7.93. The lowest BCUT2D eigenvalue weighted by Crippen LogP contribution is -2.01. The van der Waals surface area contributed by atoms with Crippen LogP contribution in [0.2, 0.25) is 0 Å². The van der Waals surface area contributed by atoms with Gasteiger partial charge in [-0.3, -0.25) is 4.79 Å². The van der Waals surface area contributed by atoms with Gasteiger partial charge in [-0.05, 0) is 42.0 Å². The Bertz CT molecular complexity index is 804. The zero-order chi connectivity index (χ0) is 17.5. The molecule has 25 heavy (non-hydrogen) atoms. The second-order valence-corrected chi connectivity index (χ2v) is 8.79. The fraction of sp³-hybridized carbons (Fsp3) is 0.0952. The van der Waals surface area contributed by atoms with Crippen LogP contribution in [-0.4, -0.2) is 5.12 Å². The SMILES string of the molecule is O=C(CC(Sc1ccccc1)c1ccc(Br)cc1)Sc1ccccc1. The molecule has 4 heteroatoms. The largest absolute Gasteiger partial charge is 0.287 e. The van der Waals surface area contributed by atoms with Gasteiger partial charge in [-0.2, -0.15) is 0 Å². The molecule has 3 rings (SSSR count). The van der Waals surface area contributed by atoms with Crippen LogP contribution in [0.4, 0.5) is 0 Å². The molecule has 0 bridgehead atoms. The molecule has 3 aromatic rings. The Labute approximate surface area is 165 Å².